The topological polar surface area (TPSA) is 18.5 Å². The van der Waals surface area contributed by atoms with Crippen LogP contribution < -0.4 is 0 Å². The van der Waals surface area contributed by atoms with E-state index in [2.05, 4.69) is 8.37 Å². The van der Waals surface area contributed by atoms with Gasteiger partial charge in [-0.2, -0.15) is 43.9 Å². The van der Waals surface area contributed by atoms with Crippen LogP contribution in [0.5, 0.6) is 0 Å². The maximum atomic E-state index is 12.3. The second-order valence-electron chi connectivity index (χ2n) is 2.42. The molecule has 112 valence electrons. The van der Waals surface area contributed by atoms with Crippen molar-refractivity contribution in [3.05, 3.63) is 23.8 Å². The summed E-state index contributed by atoms with van der Waals surface area (Å²) in [6, 6.07) is 0. The van der Waals surface area contributed by atoms with Gasteiger partial charge in [-0.25, -0.2) is 8.37 Å². The van der Waals surface area contributed by atoms with Crippen molar-refractivity contribution < 1.29 is 52.3 Å². The van der Waals surface area contributed by atoms with Crippen molar-refractivity contribution in [3.8, 4) is 0 Å². The molecule has 0 fully saturated rings. The smallest absolute Gasteiger partial charge is 0.216 e. The molecule has 0 aromatic carbocycles. The van der Waals surface area contributed by atoms with E-state index in [1.54, 1.807) is 0 Å². The highest BCUT2D eigenvalue weighted by molar-refractivity contribution is 7.89. The van der Waals surface area contributed by atoms with Gasteiger partial charge in [0.2, 0.25) is 0 Å². The quantitative estimate of drug-likeness (QED) is 0.510. The molecule has 0 amide bonds. The Hall–Kier alpha value is -0.950. The molecule has 0 saturated heterocycles. The Morgan fingerprint density at radius 3 is 1.11 bits per heavy atom. The first-order valence-electron chi connectivity index (χ1n) is 3.63. The molecule has 0 aromatic rings. The molecular formula is C6F10O2S. The predicted octanol–water partition coefficient (Wildman–Crippen LogP) is 4.92. The summed E-state index contributed by atoms with van der Waals surface area (Å²) in [4.78, 5) is 0. The molecule has 0 bridgehead atoms. The van der Waals surface area contributed by atoms with Crippen molar-refractivity contribution in [2.75, 3.05) is 0 Å². The van der Waals surface area contributed by atoms with E-state index in [4.69, 9.17) is 0 Å². The summed E-state index contributed by atoms with van der Waals surface area (Å²) in [5.41, 5.74) is 0. The second kappa shape index (κ2) is 6.47. The summed E-state index contributed by atoms with van der Waals surface area (Å²) in [7, 11) is 0. The van der Waals surface area contributed by atoms with Crippen molar-refractivity contribution in [1.82, 2.24) is 0 Å². The summed E-state index contributed by atoms with van der Waals surface area (Å²) >= 11 is -1.56. The summed E-state index contributed by atoms with van der Waals surface area (Å²) in [5, 5.41) is 0. The Balaban J connectivity index is 4.63. The van der Waals surface area contributed by atoms with Crippen LogP contribution in [0.2, 0.25) is 0 Å². The minimum absolute atomic E-state index is 1.56. The van der Waals surface area contributed by atoms with Crippen molar-refractivity contribution in [2.24, 2.45) is 0 Å². The summed E-state index contributed by atoms with van der Waals surface area (Å²) in [5.74, 6) is -6.83. The van der Waals surface area contributed by atoms with Gasteiger partial charge in [-0.05, 0) is 0 Å². The Morgan fingerprint density at radius 1 is 0.632 bits per heavy atom. The van der Waals surface area contributed by atoms with Crippen LogP contribution in [-0.4, -0.2) is 12.2 Å². The summed E-state index contributed by atoms with van der Waals surface area (Å²) in [6.45, 7) is 0. The molecule has 0 unspecified atom stereocenters. The lowest BCUT2D eigenvalue weighted by Gasteiger charge is -2.15. The molecule has 0 aliphatic rings. The van der Waals surface area contributed by atoms with Crippen LogP contribution in [0.1, 0.15) is 0 Å². The van der Waals surface area contributed by atoms with Crippen LogP contribution >= 0.6 is 12.3 Å². The van der Waals surface area contributed by atoms with Gasteiger partial charge in [0.05, 0.1) is 0 Å². The van der Waals surface area contributed by atoms with Crippen molar-refractivity contribution >= 4 is 12.3 Å². The average molecular weight is 326 g/mol. The zero-order chi connectivity index (χ0) is 15.4. The highest BCUT2D eigenvalue weighted by atomic mass is 32.2. The van der Waals surface area contributed by atoms with Gasteiger partial charge in [0, 0.05) is 0 Å². The highest BCUT2D eigenvalue weighted by Gasteiger charge is 2.46. The minimum Gasteiger partial charge on any atom is -0.216 e. The lowest BCUT2D eigenvalue weighted by molar-refractivity contribution is -0.180. The SMILES string of the molecule is FC(F)=C(F)C(F)(F)OSOC(F)(F)C(F)=C(F)F. The minimum atomic E-state index is -5.38. The molecule has 13 heteroatoms. The van der Waals surface area contributed by atoms with Gasteiger partial charge in [-0.1, -0.05) is 0 Å². The van der Waals surface area contributed by atoms with Gasteiger partial charge < -0.3 is 0 Å². The first-order chi connectivity index (χ1) is 8.42. The Bertz CT molecular complexity index is 347. The van der Waals surface area contributed by atoms with Crippen LogP contribution in [0.25, 0.3) is 0 Å². The molecule has 0 aliphatic heterocycles. The lowest BCUT2D eigenvalue weighted by Crippen LogP contribution is -2.23. The van der Waals surface area contributed by atoms with Gasteiger partial charge in [0.25, 0.3) is 11.7 Å². The van der Waals surface area contributed by atoms with Crippen LogP contribution in [0.4, 0.5) is 43.9 Å². The fraction of sp³-hybridized carbons (Fsp3) is 0.333. The fourth-order valence-corrected chi connectivity index (χ4v) is 0.747. The molecule has 0 atom stereocenters. The van der Waals surface area contributed by atoms with E-state index in [1.807, 2.05) is 0 Å². The molecule has 0 saturated carbocycles. The van der Waals surface area contributed by atoms with E-state index in [0.29, 0.717) is 0 Å². The Morgan fingerprint density at radius 2 is 0.895 bits per heavy atom. The van der Waals surface area contributed by atoms with Crippen molar-refractivity contribution in [3.63, 3.8) is 0 Å². The standard InChI is InChI=1S/C6F10O2S/c7-1(3(9)10)5(13,14)17-19-18-6(15,16)2(8)4(11)12. The van der Waals surface area contributed by atoms with Gasteiger partial charge in [-0.3, -0.25) is 0 Å². The summed E-state index contributed by atoms with van der Waals surface area (Å²) < 4.78 is 124. The third-order valence-corrected chi connectivity index (χ3v) is 1.67. The largest absolute Gasteiger partial charge is 0.426 e. The predicted molar refractivity (Wildman–Crippen MR) is 40.4 cm³/mol. The molecule has 0 N–H and O–H groups in total. The maximum absolute atomic E-state index is 12.3. The van der Waals surface area contributed by atoms with Gasteiger partial charge in [0.15, 0.2) is 12.3 Å². The second-order valence-corrected chi connectivity index (χ2v) is 2.89. The first kappa shape index (κ1) is 18.0. The molecule has 19 heavy (non-hydrogen) atoms. The van der Waals surface area contributed by atoms with Crippen molar-refractivity contribution in [2.45, 2.75) is 12.2 Å². The van der Waals surface area contributed by atoms with E-state index < -0.39 is 48.4 Å². The number of hydrogen-bond donors (Lipinski definition) is 0. The molecule has 0 heterocycles. The number of rotatable bonds is 6. The number of hydrogen-bond acceptors (Lipinski definition) is 3. The van der Waals surface area contributed by atoms with E-state index >= 15 is 0 Å². The normalized spacial score (nSPS) is 12.3. The third kappa shape index (κ3) is 5.28. The number of halogens is 10. The number of alkyl halides is 4. The van der Waals surface area contributed by atoms with Crippen molar-refractivity contribution in [1.29, 1.82) is 0 Å². The maximum Gasteiger partial charge on any atom is 0.426 e. The third-order valence-electron chi connectivity index (χ3n) is 1.12. The molecule has 0 rings (SSSR count). The highest BCUT2D eigenvalue weighted by Crippen LogP contribution is 2.39. The zero-order valence-electron chi connectivity index (χ0n) is 8.00. The van der Waals surface area contributed by atoms with E-state index in [9.17, 15) is 43.9 Å². The lowest BCUT2D eigenvalue weighted by atomic mass is 10.5. The van der Waals surface area contributed by atoms with E-state index in [-0.39, 0.29) is 0 Å². The molecule has 0 spiro atoms. The monoisotopic (exact) mass is 326 g/mol. The van der Waals surface area contributed by atoms with Crippen LogP contribution in [0.3, 0.4) is 0 Å². The van der Waals surface area contributed by atoms with Crippen LogP contribution in [0.15, 0.2) is 23.8 Å². The van der Waals surface area contributed by atoms with E-state index in [0.717, 1.165) is 0 Å². The molecular weight excluding hydrogens is 326 g/mol. The molecule has 2 nitrogen and oxygen atoms in total. The van der Waals surface area contributed by atoms with Gasteiger partial charge >= 0.3 is 24.4 Å². The first-order valence-corrected chi connectivity index (χ1v) is 4.30. The van der Waals surface area contributed by atoms with Gasteiger partial charge in [-0.15, -0.1) is 0 Å². The molecule has 0 aliphatic carbocycles. The van der Waals surface area contributed by atoms with Crippen LogP contribution in [0, 0.1) is 0 Å². The average Bonchev–Trinajstić information content (AvgIpc) is 2.25. The van der Waals surface area contributed by atoms with Crippen LogP contribution in [-0.2, 0) is 8.37 Å². The fourth-order valence-electron chi connectivity index (χ4n) is 0.396. The molecule has 0 radical (unpaired) electrons. The van der Waals surface area contributed by atoms with Gasteiger partial charge in [0.1, 0.15) is 0 Å². The summed E-state index contributed by atoms with van der Waals surface area (Å²) in [6.07, 6.45) is -17.8. The molecule has 0 aromatic heterocycles. The Kier molecular flexibility index (Phi) is 6.15. The zero-order valence-corrected chi connectivity index (χ0v) is 8.82. The van der Waals surface area contributed by atoms with E-state index in [1.165, 1.54) is 0 Å². The Labute approximate surface area is 102 Å².